The number of benzene rings is 1. The fourth-order valence-corrected chi connectivity index (χ4v) is 3.09. The number of likely N-dealkylation sites (tertiary alicyclic amines) is 1. The molecule has 0 radical (unpaired) electrons. The van der Waals surface area contributed by atoms with Crippen LogP contribution in [0.4, 0.5) is 0 Å². The second-order valence-corrected chi connectivity index (χ2v) is 6.48. The Bertz CT molecular complexity index is 778. The molecule has 1 aromatic heterocycles. The monoisotopic (exact) mass is 300 g/mol. The molecule has 2 aromatic rings. The fraction of sp³-hybridized carbons (Fsp3) is 0.412. The van der Waals surface area contributed by atoms with E-state index in [9.17, 15) is 14.7 Å². The number of carboxylic acid groups (broad SMARTS) is 1. The predicted octanol–water partition coefficient (Wildman–Crippen LogP) is 2.72. The lowest BCUT2D eigenvalue weighted by atomic mass is 9.90. The number of carboxylic acids is 1. The smallest absolute Gasteiger partial charge is 0.311 e. The molecule has 0 bridgehead atoms. The molecule has 1 fully saturated rings. The topological polar surface area (TPSA) is 73.4 Å². The SMILES string of the molecule is Cc1[nH]c2ccc(C(=O)N3CC[C@](C)(C(=O)O)C3)cc2c1C. The van der Waals surface area contributed by atoms with E-state index in [1.165, 1.54) is 0 Å². The molecule has 1 aliphatic heterocycles. The van der Waals surface area contributed by atoms with Gasteiger partial charge in [-0.1, -0.05) is 0 Å². The van der Waals surface area contributed by atoms with Crippen LogP contribution in [0.15, 0.2) is 18.2 Å². The van der Waals surface area contributed by atoms with Gasteiger partial charge in [0.05, 0.1) is 5.41 Å². The van der Waals surface area contributed by atoms with E-state index in [1.54, 1.807) is 17.9 Å². The highest BCUT2D eigenvalue weighted by Crippen LogP contribution is 2.31. The highest BCUT2D eigenvalue weighted by Gasteiger charge is 2.42. The molecule has 2 N–H and O–H groups in total. The quantitative estimate of drug-likeness (QED) is 0.895. The lowest BCUT2D eigenvalue weighted by molar-refractivity contribution is -0.147. The number of aryl methyl sites for hydroxylation is 2. The maximum atomic E-state index is 12.6. The number of aromatic amines is 1. The molecular weight excluding hydrogens is 280 g/mol. The first kappa shape index (κ1) is 14.6. The number of carbonyl (C=O) groups is 2. The summed E-state index contributed by atoms with van der Waals surface area (Å²) in [7, 11) is 0. The number of nitrogens with one attached hydrogen (secondary N) is 1. The molecule has 0 aliphatic carbocycles. The van der Waals surface area contributed by atoms with Gasteiger partial charge in [-0.3, -0.25) is 9.59 Å². The van der Waals surface area contributed by atoms with E-state index in [1.807, 2.05) is 26.0 Å². The Kier molecular flexibility index (Phi) is 3.24. The molecule has 1 aliphatic rings. The van der Waals surface area contributed by atoms with Gasteiger partial charge in [0.2, 0.25) is 0 Å². The predicted molar refractivity (Wildman–Crippen MR) is 84.0 cm³/mol. The van der Waals surface area contributed by atoms with Gasteiger partial charge in [0, 0.05) is 35.2 Å². The molecule has 1 aromatic carbocycles. The maximum Gasteiger partial charge on any atom is 0.311 e. The number of nitrogens with zero attached hydrogens (tertiary/aromatic N) is 1. The Morgan fingerprint density at radius 1 is 1.32 bits per heavy atom. The highest BCUT2D eigenvalue weighted by atomic mass is 16.4. The van der Waals surface area contributed by atoms with Crippen LogP contribution in [-0.2, 0) is 4.79 Å². The first-order valence-electron chi connectivity index (χ1n) is 7.43. The van der Waals surface area contributed by atoms with Crippen LogP contribution in [-0.4, -0.2) is 40.0 Å². The van der Waals surface area contributed by atoms with Crippen LogP contribution in [0.2, 0.25) is 0 Å². The van der Waals surface area contributed by atoms with Crippen LogP contribution in [0.25, 0.3) is 10.9 Å². The maximum absolute atomic E-state index is 12.6. The van der Waals surface area contributed by atoms with Crippen molar-refractivity contribution < 1.29 is 14.7 Å². The minimum absolute atomic E-state index is 0.0925. The summed E-state index contributed by atoms with van der Waals surface area (Å²) < 4.78 is 0. The van der Waals surface area contributed by atoms with E-state index in [0.717, 1.165) is 22.2 Å². The molecule has 0 saturated carbocycles. The van der Waals surface area contributed by atoms with E-state index >= 15 is 0 Å². The van der Waals surface area contributed by atoms with E-state index < -0.39 is 11.4 Å². The molecule has 1 saturated heterocycles. The molecule has 3 rings (SSSR count). The van der Waals surface area contributed by atoms with Crippen LogP contribution in [0.3, 0.4) is 0 Å². The zero-order valence-corrected chi connectivity index (χ0v) is 13.1. The Labute approximate surface area is 128 Å². The van der Waals surface area contributed by atoms with Crippen LogP contribution in [0, 0.1) is 19.3 Å². The molecule has 1 amide bonds. The van der Waals surface area contributed by atoms with Crippen molar-refractivity contribution in [3.05, 3.63) is 35.0 Å². The first-order valence-corrected chi connectivity index (χ1v) is 7.43. The van der Waals surface area contributed by atoms with Gasteiger partial charge in [-0.05, 0) is 51.0 Å². The number of aromatic nitrogens is 1. The summed E-state index contributed by atoms with van der Waals surface area (Å²) in [6.07, 6.45) is 0.499. The standard InChI is InChI=1S/C17H20N2O3/c1-10-11(2)18-14-5-4-12(8-13(10)14)15(20)19-7-6-17(3,9-19)16(21)22/h4-5,8,18H,6-7,9H2,1-3H3,(H,21,22)/t17-/m0/s1. The fourth-order valence-electron chi connectivity index (χ4n) is 3.09. The van der Waals surface area contributed by atoms with Crippen molar-refractivity contribution >= 4 is 22.8 Å². The van der Waals surface area contributed by atoms with Crippen molar-refractivity contribution in [2.24, 2.45) is 5.41 Å². The number of carbonyl (C=O) groups excluding carboxylic acids is 1. The number of fused-ring (bicyclic) bond motifs is 1. The molecule has 22 heavy (non-hydrogen) atoms. The molecule has 0 spiro atoms. The van der Waals surface area contributed by atoms with Gasteiger partial charge in [-0.15, -0.1) is 0 Å². The minimum Gasteiger partial charge on any atom is -0.481 e. The molecule has 5 heteroatoms. The molecule has 0 unspecified atom stereocenters. The number of H-pyrrole nitrogens is 1. The number of amides is 1. The van der Waals surface area contributed by atoms with Crippen molar-refractivity contribution in [3.8, 4) is 0 Å². The summed E-state index contributed by atoms with van der Waals surface area (Å²) in [6, 6.07) is 5.61. The van der Waals surface area contributed by atoms with Crippen molar-refractivity contribution in [2.75, 3.05) is 13.1 Å². The molecule has 5 nitrogen and oxygen atoms in total. The second kappa shape index (κ2) is 4.87. The highest BCUT2D eigenvalue weighted by molar-refractivity contribution is 5.99. The first-order chi connectivity index (χ1) is 10.3. The average Bonchev–Trinajstić information content (AvgIpc) is 3.01. The Balaban J connectivity index is 1.90. The third-order valence-electron chi connectivity index (χ3n) is 4.83. The molecule has 116 valence electrons. The third kappa shape index (κ3) is 2.17. The summed E-state index contributed by atoms with van der Waals surface area (Å²) >= 11 is 0. The van der Waals surface area contributed by atoms with Gasteiger partial charge in [0.25, 0.3) is 5.91 Å². The molecular formula is C17H20N2O3. The van der Waals surface area contributed by atoms with Gasteiger partial charge in [-0.25, -0.2) is 0 Å². The van der Waals surface area contributed by atoms with Crippen LogP contribution < -0.4 is 0 Å². The van der Waals surface area contributed by atoms with Crippen LogP contribution in [0.1, 0.15) is 35.0 Å². The average molecular weight is 300 g/mol. The number of hydrogen-bond donors (Lipinski definition) is 2. The number of rotatable bonds is 2. The second-order valence-electron chi connectivity index (χ2n) is 6.48. The zero-order chi connectivity index (χ0) is 16.1. The molecule has 2 heterocycles. The largest absolute Gasteiger partial charge is 0.481 e. The van der Waals surface area contributed by atoms with Gasteiger partial charge in [-0.2, -0.15) is 0 Å². The summed E-state index contributed by atoms with van der Waals surface area (Å²) in [4.78, 5) is 28.9. The van der Waals surface area contributed by atoms with E-state index in [4.69, 9.17) is 0 Å². The Morgan fingerprint density at radius 3 is 2.68 bits per heavy atom. The van der Waals surface area contributed by atoms with Crippen molar-refractivity contribution in [3.63, 3.8) is 0 Å². The van der Waals surface area contributed by atoms with Crippen molar-refractivity contribution in [2.45, 2.75) is 27.2 Å². The minimum atomic E-state index is -0.838. The summed E-state index contributed by atoms with van der Waals surface area (Å²) in [5.74, 6) is -0.930. The summed E-state index contributed by atoms with van der Waals surface area (Å²) in [6.45, 7) is 6.50. The van der Waals surface area contributed by atoms with Crippen LogP contribution in [0.5, 0.6) is 0 Å². The Morgan fingerprint density at radius 2 is 2.05 bits per heavy atom. The van der Waals surface area contributed by atoms with Crippen molar-refractivity contribution in [1.82, 2.24) is 9.88 Å². The van der Waals surface area contributed by atoms with Gasteiger partial charge in [0.15, 0.2) is 0 Å². The van der Waals surface area contributed by atoms with E-state index in [-0.39, 0.29) is 12.5 Å². The van der Waals surface area contributed by atoms with Gasteiger partial charge in [0.1, 0.15) is 0 Å². The zero-order valence-electron chi connectivity index (χ0n) is 13.1. The normalized spacial score (nSPS) is 21.5. The van der Waals surface area contributed by atoms with Crippen molar-refractivity contribution in [1.29, 1.82) is 0 Å². The van der Waals surface area contributed by atoms with Gasteiger partial charge < -0.3 is 15.0 Å². The molecule has 1 atom stereocenters. The van der Waals surface area contributed by atoms with Gasteiger partial charge >= 0.3 is 5.97 Å². The van der Waals surface area contributed by atoms with Crippen LogP contribution >= 0.6 is 0 Å². The summed E-state index contributed by atoms with van der Waals surface area (Å²) in [5.41, 5.74) is 3.04. The summed E-state index contributed by atoms with van der Waals surface area (Å²) in [5, 5.41) is 10.3. The number of hydrogen-bond acceptors (Lipinski definition) is 2. The van der Waals surface area contributed by atoms with E-state index in [2.05, 4.69) is 4.98 Å². The number of aliphatic carboxylic acids is 1. The van der Waals surface area contributed by atoms with E-state index in [0.29, 0.717) is 18.5 Å². The lowest BCUT2D eigenvalue weighted by Crippen LogP contribution is -2.34. The third-order valence-corrected chi connectivity index (χ3v) is 4.83. The Hall–Kier alpha value is -2.30. The lowest BCUT2D eigenvalue weighted by Gasteiger charge is -2.20.